The van der Waals surface area contributed by atoms with Gasteiger partial charge >= 0.3 is 0 Å². The lowest BCUT2D eigenvalue weighted by molar-refractivity contribution is -0.388. The number of benzene rings is 1. The molecule has 6 heteroatoms. The van der Waals surface area contributed by atoms with E-state index in [0.29, 0.717) is 5.69 Å². The van der Waals surface area contributed by atoms with Crippen LogP contribution in [0, 0.1) is 0 Å². The fraction of sp³-hybridized carbons (Fsp3) is 0.444. The molecule has 0 aromatic heterocycles. The highest BCUT2D eigenvalue weighted by Crippen LogP contribution is 2.23. The second kappa shape index (κ2) is 7.70. The summed E-state index contributed by atoms with van der Waals surface area (Å²) in [5, 5.41) is 0. The molecule has 130 valence electrons. The van der Waals surface area contributed by atoms with E-state index in [1.807, 2.05) is 39.8 Å². The van der Waals surface area contributed by atoms with Crippen LogP contribution in [0.4, 0.5) is 5.69 Å². The quantitative estimate of drug-likeness (QED) is 0.240. The zero-order valence-electron chi connectivity index (χ0n) is 14.4. The predicted octanol–water partition coefficient (Wildman–Crippen LogP) is 3.29. The number of amides is 2. The Hall–Kier alpha value is -2.02. The van der Waals surface area contributed by atoms with Gasteiger partial charge in [-0.3, -0.25) is 9.59 Å². The number of nitrogens with zero attached hydrogens (tertiary/aromatic N) is 1. The summed E-state index contributed by atoms with van der Waals surface area (Å²) in [5.74, 6) is -0.665. The summed E-state index contributed by atoms with van der Waals surface area (Å²) in [6, 6.07) is 7.07. The van der Waals surface area contributed by atoms with Crippen LogP contribution in [0.3, 0.4) is 0 Å². The highest BCUT2D eigenvalue weighted by atomic mass is 17.2. The fourth-order valence-electron chi connectivity index (χ4n) is 2.02. The summed E-state index contributed by atoms with van der Waals surface area (Å²) >= 11 is 0. The second-order valence-corrected chi connectivity index (χ2v) is 6.18. The maximum absolute atomic E-state index is 11.6. The van der Waals surface area contributed by atoms with Crippen LogP contribution >= 0.6 is 0 Å². The van der Waals surface area contributed by atoms with Gasteiger partial charge < -0.3 is 4.74 Å². The molecule has 0 N–H and O–H groups in total. The molecular formula is C18H23NO5. The standard InChI is InChI=1S/C18H23NO5/c1-5-18(3,4)24-23-12-22-13(2)14-6-8-15(9-7-14)19-16(20)10-11-17(19)21/h6-11,13H,5,12H2,1-4H3. The number of hydrogen-bond donors (Lipinski definition) is 0. The van der Waals surface area contributed by atoms with Crippen LogP contribution in [0.15, 0.2) is 36.4 Å². The Labute approximate surface area is 141 Å². The summed E-state index contributed by atoms with van der Waals surface area (Å²) in [5.41, 5.74) is 1.09. The molecule has 24 heavy (non-hydrogen) atoms. The van der Waals surface area contributed by atoms with Crippen LogP contribution in [-0.2, 0) is 24.1 Å². The van der Waals surface area contributed by atoms with E-state index in [0.717, 1.165) is 16.9 Å². The van der Waals surface area contributed by atoms with Crippen molar-refractivity contribution in [3.05, 3.63) is 42.0 Å². The molecule has 1 atom stereocenters. The van der Waals surface area contributed by atoms with Crippen molar-refractivity contribution in [3.8, 4) is 0 Å². The van der Waals surface area contributed by atoms with Crippen molar-refractivity contribution in [1.82, 2.24) is 0 Å². The first-order valence-electron chi connectivity index (χ1n) is 7.92. The van der Waals surface area contributed by atoms with Gasteiger partial charge in [0, 0.05) is 12.2 Å². The van der Waals surface area contributed by atoms with E-state index < -0.39 is 0 Å². The van der Waals surface area contributed by atoms with Crippen LogP contribution in [0.1, 0.15) is 45.8 Å². The molecule has 1 aromatic carbocycles. The first-order valence-corrected chi connectivity index (χ1v) is 7.92. The average Bonchev–Trinajstić information content (AvgIpc) is 2.90. The molecule has 6 nitrogen and oxygen atoms in total. The van der Waals surface area contributed by atoms with Crippen molar-refractivity contribution < 1.29 is 24.1 Å². The minimum Gasteiger partial charge on any atom is -0.345 e. The summed E-state index contributed by atoms with van der Waals surface area (Å²) in [7, 11) is 0. The Bertz CT molecular complexity index is 603. The minimum absolute atomic E-state index is 0.0133. The maximum atomic E-state index is 11.6. The van der Waals surface area contributed by atoms with Crippen molar-refractivity contribution in [2.24, 2.45) is 0 Å². The Balaban J connectivity index is 1.86. The Morgan fingerprint density at radius 3 is 2.21 bits per heavy atom. The summed E-state index contributed by atoms with van der Waals surface area (Å²) in [6.07, 6.45) is 3.14. The van der Waals surface area contributed by atoms with Gasteiger partial charge in [0.25, 0.3) is 11.8 Å². The average molecular weight is 333 g/mol. The minimum atomic E-state index is -0.350. The molecule has 2 amide bonds. The lowest BCUT2D eigenvalue weighted by atomic mass is 10.1. The zero-order valence-corrected chi connectivity index (χ0v) is 14.4. The van der Waals surface area contributed by atoms with Gasteiger partial charge in [0.1, 0.15) is 0 Å². The van der Waals surface area contributed by atoms with Crippen molar-refractivity contribution >= 4 is 17.5 Å². The van der Waals surface area contributed by atoms with E-state index in [4.69, 9.17) is 14.5 Å². The lowest BCUT2D eigenvalue weighted by Crippen LogP contribution is -2.29. The van der Waals surface area contributed by atoms with Crippen molar-refractivity contribution in [3.63, 3.8) is 0 Å². The first-order chi connectivity index (χ1) is 11.3. The topological polar surface area (TPSA) is 65.1 Å². The number of carbonyl (C=O) groups is 2. The Morgan fingerprint density at radius 2 is 1.67 bits per heavy atom. The highest BCUT2D eigenvalue weighted by molar-refractivity contribution is 6.28. The summed E-state index contributed by atoms with van der Waals surface area (Å²) in [6.45, 7) is 7.78. The van der Waals surface area contributed by atoms with Crippen LogP contribution in [0.5, 0.6) is 0 Å². The molecule has 0 spiro atoms. The monoisotopic (exact) mass is 333 g/mol. The van der Waals surface area contributed by atoms with Gasteiger partial charge in [0.05, 0.1) is 17.4 Å². The molecule has 1 unspecified atom stereocenters. The van der Waals surface area contributed by atoms with Crippen molar-refractivity contribution in [2.45, 2.75) is 45.8 Å². The molecule has 1 aliphatic rings. The zero-order chi connectivity index (χ0) is 17.7. The second-order valence-electron chi connectivity index (χ2n) is 6.18. The van der Waals surface area contributed by atoms with Gasteiger partial charge in [0.15, 0.2) is 6.79 Å². The molecule has 0 aliphatic carbocycles. The normalized spacial score (nSPS) is 16.1. The van der Waals surface area contributed by atoms with E-state index >= 15 is 0 Å². The third-order valence-corrected chi connectivity index (χ3v) is 3.93. The number of ether oxygens (including phenoxy) is 1. The Kier molecular flexibility index (Phi) is 5.88. The lowest BCUT2D eigenvalue weighted by Gasteiger charge is -2.22. The van der Waals surface area contributed by atoms with E-state index in [1.54, 1.807) is 12.1 Å². The molecule has 2 rings (SSSR count). The van der Waals surface area contributed by atoms with Gasteiger partial charge in [-0.1, -0.05) is 19.1 Å². The summed E-state index contributed by atoms with van der Waals surface area (Å²) < 4.78 is 5.57. The van der Waals surface area contributed by atoms with Crippen LogP contribution in [-0.4, -0.2) is 24.2 Å². The molecule has 0 bridgehead atoms. The first kappa shape index (κ1) is 18.3. The van der Waals surface area contributed by atoms with Gasteiger partial charge in [-0.15, -0.1) is 0 Å². The fourth-order valence-corrected chi connectivity index (χ4v) is 2.02. The largest absolute Gasteiger partial charge is 0.345 e. The van der Waals surface area contributed by atoms with Crippen molar-refractivity contribution in [2.75, 3.05) is 11.7 Å². The van der Waals surface area contributed by atoms with E-state index in [9.17, 15) is 9.59 Å². The van der Waals surface area contributed by atoms with Gasteiger partial charge in [0.2, 0.25) is 0 Å². The third-order valence-electron chi connectivity index (χ3n) is 3.93. The molecule has 0 radical (unpaired) electrons. The molecule has 0 fully saturated rings. The number of rotatable bonds is 8. The van der Waals surface area contributed by atoms with E-state index in [-0.39, 0.29) is 30.3 Å². The number of hydrogen-bond acceptors (Lipinski definition) is 5. The molecule has 1 aliphatic heterocycles. The van der Waals surface area contributed by atoms with Crippen LogP contribution in [0.2, 0.25) is 0 Å². The molecule has 1 aromatic rings. The Morgan fingerprint density at radius 1 is 1.08 bits per heavy atom. The SMILES string of the molecule is CCC(C)(C)OOCOC(C)c1ccc(N2C(=O)C=CC2=O)cc1. The van der Waals surface area contributed by atoms with Gasteiger partial charge in [-0.2, -0.15) is 0 Å². The van der Waals surface area contributed by atoms with E-state index in [1.165, 1.54) is 12.2 Å². The predicted molar refractivity (Wildman–Crippen MR) is 89.0 cm³/mol. The smallest absolute Gasteiger partial charge is 0.258 e. The maximum Gasteiger partial charge on any atom is 0.258 e. The number of carbonyl (C=O) groups excluding carboxylic acids is 2. The molecule has 1 heterocycles. The summed E-state index contributed by atoms with van der Waals surface area (Å²) in [4.78, 5) is 34.8. The molecular weight excluding hydrogens is 310 g/mol. The third kappa shape index (κ3) is 4.50. The van der Waals surface area contributed by atoms with E-state index in [2.05, 4.69) is 0 Å². The van der Waals surface area contributed by atoms with Crippen LogP contribution in [0.25, 0.3) is 0 Å². The molecule has 0 saturated carbocycles. The number of imide groups is 1. The van der Waals surface area contributed by atoms with Gasteiger partial charge in [-0.05, 0) is 44.9 Å². The highest BCUT2D eigenvalue weighted by Gasteiger charge is 2.25. The number of anilines is 1. The van der Waals surface area contributed by atoms with Crippen LogP contribution < -0.4 is 4.90 Å². The van der Waals surface area contributed by atoms with Gasteiger partial charge in [-0.25, -0.2) is 14.7 Å². The van der Waals surface area contributed by atoms with Crippen molar-refractivity contribution in [1.29, 1.82) is 0 Å². The molecule has 0 saturated heterocycles.